The molecule has 4 nitrogen and oxygen atoms in total. The first-order chi connectivity index (χ1) is 10.1. The van der Waals surface area contributed by atoms with E-state index in [4.69, 9.17) is 4.52 Å². The summed E-state index contributed by atoms with van der Waals surface area (Å²) < 4.78 is 32.0. The molecule has 0 aliphatic carbocycles. The molecule has 1 aromatic heterocycles. The SMILES string of the molecule is CNC1CSCC1c1nc(-c2ccc(F)c(F)c2Br)no1. The summed E-state index contributed by atoms with van der Waals surface area (Å²) in [5.41, 5.74) is 0.371. The molecule has 0 spiro atoms. The first-order valence-corrected chi connectivity index (χ1v) is 8.29. The lowest BCUT2D eigenvalue weighted by atomic mass is 10.0. The molecule has 1 N–H and O–H groups in total. The summed E-state index contributed by atoms with van der Waals surface area (Å²) in [6.45, 7) is 0. The van der Waals surface area contributed by atoms with Gasteiger partial charge in [0.25, 0.3) is 0 Å². The van der Waals surface area contributed by atoms with Crippen molar-refractivity contribution in [2.45, 2.75) is 12.0 Å². The number of likely N-dealkylation sites (N-methyl/N-ethyl adjacent to an activating group) is 1. The lowest BCUT2D eigenvalue weighted by molar-refractivity contribution is 0.344. The second kappa shape index (κ2) is 6.02. The van der Waals surface area contributed by atoms with Crippen LogP contribution in [0.1, 0.15) is 11.8 Å². The number of hydrogen-bond donors (Lipinski definition) is 1. The number of rotatable bonds is 3. The predicted molar refractivity (Wildman–Crippen MR) is 80.3 cm³/mol. The van der Waals surface area contributed by atoms with Gasteiger partial charge in [-0.25, -0.2) is 8.78 Å². The Balaban J connectivity index is 1.94. The van der Waals surface area contributed by atoms with Crippen LogP contribution in [0.25, 0.3) is 11.4 Å². The largest absolute Gasteiger partial charge is 0.339 e. The van der Waals surface area contributed by atoms with E-state index in [1.54, 1.807) is 0 Å². The number of benzene rings is 1. The fourth-order valence-electron chi connectivity index (χ4n) is 2.28. The fraction of sp³-hybridized carbons (Fsp3) is 0.385. The predicted octanol–water partition coefficient (Wildman–Crippen LogP) is 3.20. The molecule has 1 saturated heterocycles. The van der Waals surface area contributed by atoms with Crippen molar-refractivity contribution in [3.63, 3.8) is 0 Å². The number of halogens is 3. The van der Waals surface area contributed by atoms with E-state index in [2.05, 4.69) is 31.4 Å². The van der Waals surface area contributed by atoms with Crippen LogP contribution in [0, 0.1) is 11.6 Å². The molecule has 1 fully saturated rings. The van der Waals surface area contributed by atoms with Crippen molar-refractivity contribution in [1.82, 2.24) is 15.5 Å². The van der Waals surface area contributed by atoms with Crippen LogP contribution in [0.2, 0.25) is 0 Å². The molecule has 1 aliphatic heterocycles. The van der Waals surface area contributed by atoms with Crippen molar-refractivity contribution in [3.05, 3.63) is 34.1 Å². The highest BCUT2D eigenvalue weighted by Crippen LogP contribution is 2.34. The zero-order valence-electron chi connectivity index (χ0n) is 11.1. The smallest absolute Gasteiger partial charge is 0.232 e. The summed E-state index contributed by atoms with van der Waals surface area (Å²) in [5, 5.41) is 7.11. The summed E-state index contributed by atoms with van der Waals surface area (Å²) >= 11 is 4.85. The summed E-state index contributed by atoms with van der Waals surface area (Å²) in [4.78, 5) is 4.34. The van der Waals surface area contributed by atoms with E-state index in [9.17, 15) is 8.78 Å². The van der Waals surface area contributed by atoms with Crippen molar-refractivity contribution in [2.24, 2.45) is 0 Å². The highest BCUT2D eigenvalue weighted by atomic mass is 79.9. The third-order valence-electron chi connectivity index (χ3n) is 3.49. The Hall–Kier alpha value is -0.990. The Labute approximate surface area is 132 Å². The van der Waals surface area contributed by atoms with Crippen molar-refractivity contribution in [1.29, 1.82) is 0 Å². The monoisotopic (exact) mass is 375 g/mol. The van der Waals surface area contributed by atoms with Crippen LogP contribution < -0.4 is 5.32 Å². The fourth-order valence-corrected chi connectivity index (χ4v) is 4.19. The van der Waals surface area contributed by atoms with Gasteiger partial charge in [0.2, 0.25) is 11.7 Å². The summed E-state index contributed by atoms with van der Waals surface area (Å²) in [6.07, 6.45) is 0. The van der Waals surface area contributed by atoms with Gasteiger partial charge in [-0.1, -0.05) is 5.16 Å². The molecule has 3 rings (SSSR count). The molecule has 2 unspecified atom stereocenters. The van der Waals surface area contributed by atoms with E-state index in [-0.39, 0.29) is 22.3 Å². The van der Waals surface area contributed by atoms with Gasteiger partial charge < -0.3 is 9.84 Å². The van der Waals surface area contributed by atoms with Crippen LogP contribution in [0.3, 0.4) is 0 Å². The van der Waals surface area contributed by atoms with E-state index >= 15 is 0 Å². The van der Waals surface area contributed by atoms with Crippen LogP contribution in [0.5, 0.6) is 0 Å². The zero-order chi connectivity index (χ0) is 15.0. The normalized spacial score (nSPS) is 21.9. The van der Waals surface area contributed by atoms with E-state index in [1.165, 1.54) is 6.07 Å². The summed E-state index contributed by atoms with van der Waals surface area (Å²) in [6, 6.07) is 2.75. The lowest BCUT2D eigenvalue weighted by Gasteiger charge is -2.13. The first kappa shape index (κ1) is 14.9. The maximum atomic E-state index is 13.6. The molecule has 0 bridgehead atoms. The Morgan fingerprint density at radius 1 is 1.38 bits per heavy atom. The van der Waals surface area contributed by atoms with E-state index in [0.29, 0.717) is 11.5 Å². The molecular formula is C13H12BrF2N3OS. The minimum atomic E-state index is -0.955. The van der Waals surface area contributed by atoms with Crippen molar-refractivity contribution >= 4 is 27.7 Å². The topological polar surface area (TPSA) is 51.0 Å². The highest BCUT2D eigenvalue weighted by Gasteiger charge is 2.32. The van der Waals surface area contributed by atoms with E-state index < -0.39 is 11.6 Å². The minimum Gasteiger partial charge on any atom is -0.339 e. The number of hydrogen-bond acceptors (Lipinski definition) is 5. The standard InChI is InChI=1S/C13H12BrF2N3OS/c1-17-9-5-21-4-7(9)13-18-12(19-20-13)6-2-3-8(15)11(16)10(6)14/h2-3,7,9,17H,4-5H2,1H3. The second-order valence-electron chi connectivity index (χ2n) is 4.72. The minimum absolute atomic E-state index is 0.000753. The molecule has 0 amide bonds. The van der Waals surface area contributed by atoms with Gasteiger partial charge in [0.05, 0.1) is 10.4 Å². The molecule has 0 saturated carbocycles. The van der Waals surface area contributed by atoms with Gasteiger partial charge in [-0.2, -0.15) is 16.7 Å². The number of nitrogens with zero attached hydrogens (tertiary/aromatic N) is 2. The molecule has 8 heteroatoms. The van der Waals surface area contributed by atoms with Gasteiger partial charge in [-0.05, 0) is 35.1 Å². The third kappa shape index (κ3) is 2.72. The molecule has 1 aromatic carbocycles. The van der Waals surface area contributed by atoms with Crippen molar-refractivity contribution in [2.75, 3.05) is 18.6 Å². The molecule has 2 atom stereocenters. The molecule has 1 aliphatic rings. The number of aromatic nitrogens is 2. The Morgan fingerprint density at radius 2 is 2.19 bits per heavy atom. The molecule has 2 heterocycles. The van der Waals surface area contributed by atoms with E-state index in [0.717, 1.165) is 17.6 Å². The van der Waals surface area contributed by atoms with Gasteiger partial charge in [-0.15, -0.1) is 0 Å². The van der Waals surface area contributed by atoms with Gasteiger partial charge in [0.1, 0.15) is 0 Å². The maximum absolute atomic E-state index is 13.6. The summed E-state index contributed by atoms with van der Waals surface area (Å²) in [5.74, 6) is 0.902. The van der Waals surface area contributed by atoms with Crippen LogP contribution in [-0.2, 0) is 0 Å². The van der Waals surface area contributed by atoms with Crippen molar-refractivity contribution in [3.8, 4) is 11.4 Å². The first-order valence-electron chi connectivity index (χ1n) is 6.34. The quantitative estimate of drug-likeness (QED) is 0.834. The molecule has 112 valence electrons. The average molecular weight is 376 g/mol. The molecule has 0 radical (unpaired) electrons. The Morgan fingerprint density at radius 3 is 2.95 bits per heavy atom. The Bertz CT molecular complexity index is 667. The number of nitrogens with one attached hydrogen (secondary N) is 1. The van der Waals surface area contributed by atoms with Crippen LogP contribution in [0.4, 0.5) is 8.78 Å². The maximum Gasteiger partial charge on any atom is 0.232 e. The average Bonchev–Trinajstić information content (AvgIpc) is 3.12. The lowest BCUT2D eigenvalue weighted by Crippen LogP contribution is -2.31. The van der Waals surface area contributed by atoms with Crippen LogP contribution >= 0.6 is 27.7 Å². The molecule has 21 heavy (non-hydrogen) atoms. The molecule has 2 aromatic rings. The Kier molecular flexibility index (Phi) is 4.28. The highest BCUT2D eigenvalue weighted by molar-refractivity contribution is 9.10. The molecular weight excluding hydrogens is 364 g/mol. The van der Waals surface area contributed by atoms with Gasteiger partial charge >= 0.3 is 0 Å². The van der Waals surface area contributed by atoms with Gasteiger partial charge in [-0.3, -0.25) is 0 Å². The van der Waals surface area contributed by atoms with E-state index in [1.807, 2.05) is 18.8 Å². The third-order valence-corrected chi connectivity index (χ3v) is 5.45. The van der Waals surface area contributed by atoms with Crippen molar-refractivity contribution < 1.29 is 13.3 Å². The second-order valence-corrected chi connectivity index (χ2v) is 6.59. The summed E-state index contributed by atoms with van der Waals surface area (Å²) in [7, 11) is 1.90. The van der Waals surface area contributed by atoms with Gasteiger partial charge in [0.15, 0.2) is 11.6 Å². The van der Waals surface area contributed by atoms with Gasteiger partial charge in [0, 0.05) is 23.1 Å². The zero-order valence-corrected chi connectivity index (χ0v) is 13.5. The number of thioether (sulfide) groups is 1. The van der Waals surface area contributed by atoms with Crippen LogP contribution in [0.15, 0.2) is 21.1 Å². The van der Waals surface area contributed by atoms with Crippen LogP contribution in [-0.4, -0.2) is 34.7 Å².